The summed E-state index contributed by atoms with van der Waals surface area (Å²) in [7, 11) is 0. The third-order valence-corrected chi connectivity index (χ3v) is 3.68. The minimum Gasteiger partial charge on any atom is -0.467 e. The van der Waals surface area contributed by atoms with Crippen LogP contribution in [0.1, 0.15) is 33.5 Å². The molecule has 2 N–H and O–H groups in total. The van der Waals surface area contributed by atoms with Crippen molar-refractivity contribution in [3.63, 3.8) is 0 Å². The van der Waals surface area contributed by atoms with Gasteiger partial charge >= 0.3 is 5.97 Å². The average molecular weight is 365 g/mol. The Balaban J connectivity index is 1.63. The van der Waals surface area contributed by atoms with Crippen LogP contribution >= 0.6 is 0 Å². The van der Waals surface area contributed by atoms with Gasteiger partial charge < -0.3 is 19.8 Å². The first-order chi connectivity index (χ1) is 13.2. The standard InChI is InChI=1S/C20H19N3O4/c1-2-26-20(25)14-5-7-15(8-6-14)23-16-9-10-21-18(12-16)19(24)22-13-17-4-3-11-27-17/h3-12H,2,13H2,1H3,(H,21,23)(H,22,24). The fraction of sp³-hybridized carbons (Fsp3) is 0.150. The molecule has 1 amide bonds. The van der Waals surface area contributed by atoms with Crippen LogP contribution in [0.3, 0.4) is 0 Å². The zero-order valence-corrected chi connectivity index (χ0v) is 14.8. The molecule has 3 aromatic rings. The van der Waals surface area contributed by atoms with Crippen LogP contribution in [0.2, 0.25) is 0 Å². The van der Waals surface area contributed by atoms with Crippen molar-refractivity contribution < 1.29 is 18.7 Å². The number of pyridine rings is 1. The van der Waals surface area contributed by atoms with Gasteiger partial charge in [-0.1, -0.05) is 0 Å². The second-order valence-electron chi connectivity index (χ2n) is 5.61. The summed E-state index contributed by atoms with van der Waals surface area (Å²) >= 11 is 0. The summed E-state index contributed by atoms with van der Waals surface area (Å²) in [5.41, 5.74) is 2.25. The molecule has 7 nitrogen and oxygen atoms in total. The number of amides is 1. The molecule has 3 rings (SSSR count). The Morgan fingerprint density at radius 2 is 1.93 bits per heavy atom. The summed E-state index contributed by atoms with van der Waals surface area (Å²) in [5, 5.41) is 5.93. The average Bonchev–Trinajstić information content (AvgIpc) is 3.21. The first-order valence-corrected chi connectivity index (χ1v) is 8.46. The van der Waals surface area contributed by atoms with Gasteiger partial charge in [0.2, 0.25) is 0 Å². The van der Waals surface area contributed by atoms with E-state index in [2.05, 4.69) is 15.6 Å². The third kappa shape index (κ3) is 4.94. The van der Waals surface area contributed by atoms with Crippen LogP contribution in [0.5, 0.6) is 0 Å². The van der Waals surface area contributed by atoms with E-state index in [1.165, 1.54) is 0 Å². The fourth-order valence-electron chi connectivity index (χ4n) is 2.37. The first-order valence-electron chi connectivity index (χ1n) is 8.46. The fourth-order valence-corrected chi connectivity index (χ4v) is 2.37. The number of aromatic nitrogens is 1. The summed E-state index contributed by atoms with van der Waals surface area (Å²) < 4.78 is 10.1. The predicted octanol–water partition coefficient (Wildman–Crippen LogP) is 3.52. The molecule has 0 saturated carbocycles. The highest BCUT2D eigenvalue weighted by Crippen LogP contribution is 2.18. The van der Waals surface area contributed by atoms with Crippen LogP contribution in [-0.2, 0) is 11.3 Å². The van der Waals surface area contributed by atoms with E-state index in [9.17, 15) is 9.59 Å². The van der Waals surface area contributed by atoms with Gasteiger partial charge in [-0.15, -0.1) is 0 Å². The van der Waals surface area contributed by atoms with Crippen molar-refractivity contribution in [2.45, 2.75) is 13.5 Å². The molecule has 7 heteroatoms. The molecule has 0 aliphatic heterocycles. The number of hydrogen-bond donors (Lipinski definition) is 2. The lowest BCUT2D eigenvalue weighted by Crippen LogP contribution is -2.23. The molecule has 0 saturated heterocycles. The van der Waals surface area contributed by atoms with Gasteiger partial charge in [0.05, 0.1) is 25.0 Å². The van der Waals surface area contributed by atoms with Gasteiger partial charge in [-0.3, -0.25) is 9.78 Å². The van der Waals surface area contributed by atoms with E-state index in [4.69, 9.17) is 9.15 Å². The first kappa shape index (κ1) is 18.2. The number of nitrogens with one attached hydrogen (secondary N) is 2. The van der Waals surface area contributed by atoms with Crippen molar-refractivity contribution in [2.24, 2.45) is 0 Å². The van der Waals surface area contributed by atoms with E-state index < -0.39 is 0 Å². The van der Waals surface area contributed by atoms with Gasteiger partial charge in [0.1, 0.15) is 11.5 Å². The molecule has 0 spiro atoms. The molecule has 0 radical (unpaired) electrons. The summed E-state index contributed by atoms with van der Waals surface area (Å²) in [6.45, 7) is 2.39. The minimum absolute atomic E-state index is 0.287. The molecule has 138 valence electrons. The number of esters is 1. The molecule has 2 aromatic heterocycles. The summed E-state index contributed by atoms with van der Waals surface area (Å²) in [6, 6.07) is 13.8. The second-order valence-corrected chi connectivity index (χ2v) is 5.61. The van der Waals surface area contributed by atoms with Crippen LogP contribution in [0, 0.1) is 0 Å². The highest BCUT2D eigenvalue weighted by molar-refractivity contribution is 5.93. The third-order valence-electron chi connectivity index (χ3n) is 3.68. The maximum atomic E-state index is 12.2. The minimum atomic E-state index is -0.358. The van der Waals surface area contributed by atoms with E-state index in [0.29, 0.717) is 30.2 Å². The normalized spacial score (nSPS) is 10.3. The number of anilines is 2. The van der Waals surface area contributed by atoms with Crippen LogP contribution < -0.4 is 10.6 Å². The number of ether oxygens (including phenoxy) is 1. The Bertz CT molecular complexity index is 905. The molecular weight excluding hydrogens is 346 g/mol. The summed E-state index contributed by atoms with van der Waals surface area (Å²) in [4.78, 5) is 28.0. The van der Waals surface area contributed by atoms with Gasteiger partial charge in [-0.05, 0) is 55.5 Å². The molecule has 0 bridgehead atoms. The molecule has 0 atom stereocenters. The van der Waals surface area contributed by atoms with Gasteiger partial charge in [-0.2, -0.15) is 0 Å². The van der Waals surface area contributed by atoms with Crippen molar-refractivity contribution in [2.75, 3.05) is 11.9 Å². The molecule has 27 heavy (non-hydrogen) atoms. The Morgan fingerprint density at radius 3 is 2.63 bits per heavy atom. The zero-order chi connectivity index (χ0) is 19.1. The van der Waals surface area contributed by atoms with Gasteiger partial charge in [0.25, 0.3) is 5.91 Å². The van der Waals surface area contributed by atoms with Gasteiger partial charge in [0, 0.05) is 17.6 Å². The van der Waals surface area contributed by atoms with Crippen LogP contribution in [0.15, 0.2) is 65.4 Å². The van der Waals surface area contributed by atoms with Crippen LogP contribution in [0.25, 0.3) is 0 Å². The molecule has 2 heterocycles. The van der Waals surface area contributed by atoms with E-state index in [-0.39, 0.29) is 17.6 Å². The Kier molecular flexibility index (Phi) is 5.84. The van der Waals surface area contributed by atoms with E-state index in [1.807, 2.05) is 0 Å². The van der Waals surface area contributed by atoms with Gasteiger partial charge in [-0.25, -0.2) is 4.79 Å². The second kappa shape index (κ2) is 8.66. The largest absolute Gasteiger partial charge is 0.467 e. The number of nitrogens with zero attached hydrogens (tertiary/aromatic N) is 1. The SMILES string of the molecule is CCOC(=O)c1ccc(Nc2ccnc(C(=O)NCc3ccco3)c2)cc1. The molecular formula is C20H19N3O4. The van der Waals surface area contributed by atoms with Crippen molar-refractivity contribution >= 4 is 23.3 Å². The zero-order valence-electron chi connectivity index (χ0n) is 14.8. The van der Waals surface area contributed by atoms with Crippen molar-refractivity contribution in [3.05, 3.63) is 78.0 Å². The topological polar surface area (TPSA) is 93.5 Å². The van der Waals surface area contributed by atoms with E-state index in [1.54, 1.807) is 67.9 Å². The number of hydrogen-bond acceptors (Lipinski definition) is 6. The highest BCUT2D eigenvalue weighted by Gasteiger charge is 2.09. The van der Waals surface area contributed by atoms with Crippen LogP contribution in [0.4, 0.5) is 11.4 Å². The monoisotopic (exact) mass is 365 g/mol. The molecule has 1 aromatic carbocycles. The number of furan rings is 1. The number of carbonyl (C=O) groups excluding carboxylic acids is 2. The highest BCUT2D eigenvalue weighted by atomic mass is 16.5. The lowest BCUT2D eigenvalue weighted by atomic mass is 10.2. The Morgan fingerprint density at radius 1 is 1.11 bits per heavy atom. The quantitative estimate of drug-likeness (QED) is 0.622. The molecule has 0 unspecified atom stereocenters. The number of carbonyl (C=O) groups is 2. The lowest BCUT2D eigenvalue weighted by molar-refractivity contribution is 0.0526. The maximum Gasteiger partial charge on any atom is 0.338 e. The van der Waals surface area contributed by atoms with Crippen molar-refractivity contribution in [1.82, 2.24) is 10.3 Å². The van der Waals surface area contributed by atoms with Crippen LogP contribution in [-0.4, -0.2) is 23.5 Å². The van der Waals surface area contributed by atoms with Gasteiger partial charge in [0.15, 0.2) is 0 Å². The van der Waals surface area contributed by atoms with E-state index >= 15 is 0 Å². The molecule has 0 aliphatic carbocycles. The smallest absolute Gasteiger partial charge is 0.338 e. The lowest BCUT2D eigenvalue weighted by Gasteiger charge is -2.09. The van der Waals surface area contributed by atoms with Crippen molar-refractivity contribution in [1.29, 1.82) is 0 Å². The Hall–Kier alpha value is -3.61. The maximum absolute atomic E-state index is 12.2. The number of benzene rings is 1. The molecule has 0 fully saturated rings. The van der Waals surface area contributed by atoms with Crippen molar-refractivity contribution in [3.8, 4) is 0 Å². The summed E-state index contributed by atoms with van der Waals surface area (Å²) in [6.07, 6.45) is 3.11. The van der Waals surface area contributed by atoms with E-state index in [0.717, 1.165) is 5.69 Å². The predicted molar refractivity (Wildman–Crippen MR) is 99.8 cm³/mol. The Labute approximate surface area is 156 Å². The molecule has 0 aliphatic rings. The summed E-state index contributed by atoms with van der Waals surface area (Å²) in [5.74, 6) is 0.00973. The number of rotatable bonds is 7.